The van der Waals surface area contributed by atoms with E-state index >= 15 is 0 Å². The summed E-state index contributed by atoms with van der Waals surface area (Å²) in [7, 11) is 0. The zero-order valence-electron chi connectivity index (χ0n) is 15.7. The molecule has 3 amide bonds. The molecule has 0 unspecified atom stereocenters. The molecule has 0 radical (unpaired) electrons. The van der Waals surface area contributed by atoms with Crippen LogP contribution in [0.4, 0.5) is 16.0 Å². The fraction of sp³-hybridized carbons (Fsp3) is 0.211. The molecule has 0 fully saturated rings. The molecule has 3 heterocycles. The van der Waals surface area contributed by atoms with Crippen LogP contribution in [0.25, 0.3) is 11.3 Å². The molecule has 148 valence electrons. The third kappa shape index (κ3) is 4.17. The summed E-state index contributed by atoms with van der Waals surface area (Å²) in [5.41, 5.74) is 4.14. The second-order valence-corrected chi connectivity index (χ2v) is 8.38. The molecule has 3 aromatic rings. The Morgan fingerprint density at radius 1 is 1.14 bits per heavy atom. The Hall–Kier alpha value is -3.11. The van der Waals surface area contributed by atoms with Crippen LogP contribution in [-0.4, -0.2) is 27.7 Å². The predicted octanol–water partition coefficient (Wildman–Crippen LogP) is 3.67. The van der Waals surface area contributed by atoms with E-state index in [4.69, 9.17) is 0 Å². The van der Waals surface area contributed by atoms with E-state index < -0.39 is 0 Å². The number of benzene rings is 1. The Labute approximate surface area is 174 Å². The second kappa shape index (κ2) is 7.72. The first-order valence-electron chi connectivity index (χ1n) is 8.84. The van der Waals surface area contributed by atoms with E-state index in [0.717, 1.165) is 33.8 Å². The molecule has 2 aromatic heterocycles. The monoisotopic (exact) mass is 427 g/mol. The summed E-state index contributed by atoms with van der Waals surface area (Å²) < 4.78 is 0. The second-order valence-electron chi connectivity index (χ2n) is 6.53. The number of aryl methyl sites for hydroxylation is 2. The SMILES string of the molecule is CC(=O)Nc1nc(C)c(C(=O)Nc2nc(-c3ccc4c(c3)CCC(=O)N4)cs2)s1. The summed E-state index contributed by atoms with van der Waals surface area (Å²) in [5, 5.41) is 11.0. The lowest BCUT2D eigenvalue weighted by molar-refractivity contribution is -0.116. The largest absolute Gasteiger partial charge is 0.326 e. The maximum Gasteiger partial charge on any atom is 0.269 e. The number of amides is 3. The van der Waals surface area contributed by atoms with Crippen LogP contribution in [0.3, 0.4) is 0 Å². The van der Waals surface area contributed by atoms with E-state index in [9.17, 15) is 14.4 Å². The van der Waals surface area contributed by atoms with Crippen LogP contribution in [0, 0.1) is 6.92 Å². The van der Waals surface area contributed by atoms with Gasteiger partial charge in [-0.05, 0) is 31.0 Å². The number of nitrogens with one attached hydrogen (secondary N) is 3. The molecule has 0 spiro atoms. The fourth-order valence-corrected chi connectivity index (χ4v) is 4.59. The minimum Gasteiger partial charge on any atom is -0.326 e. The van der Waals surface area contributed by atoms with E-state index in [1.165, 1.54) is 18.3 Å². The Morgan fingerprint density at radius 2 is 1.97 bits per heavy atom. The molecule has 4 rings (SSSR count). The molecule has 8 nitrogen and oxygen atoms in total. The normalized spacial score (nSPS) is 12.8. The third-order valence-corrected chi connectivity index (χ3v) is 6.14. The van der Waals surface area contributed by atoms with Gasteiger partial charge in [-0.15, -0.1) is 11.3 Å². The van der Waals surface area contributed by atoms with Crippen molar-refractivity contribution in [2.24, 2.45) is 0 Å². The van der Waals surface area contributed by atoms with Crippen molar-refractivity contribution in [2.45, 2.75) is 26.7 Å². The minimum absolute atomic E-state index is 0.0314. The lowest BCUT2D eigenvalue weighted by atomic mass is 9.99. The van der Waals surface area contributed by atoms with Gasteiger partial charge in [0.25, 0.3) is 5.91 Å². The number of carbonyl (C=O) groups excluding carboxylic acids is 3. The van der Waals surface area contributed by atoms with E-state index in [1.807, 2.05) is 23.6 Å². The van der Waals surface area contributed by atoms with Crippen molar-refractivity contribution in [3.05, 3.63) is 39.7 Å². The van der Waals surface area contributed by atoms with Crippen molar-refractivity contribution < 1.29 is 14.4 Å². The molecule has 0 atom stereocenters. The van der Waals surface area contributed by atoms with Gasteiger partial charge in [0.15, 0.2) is 10.3 Å². The van der Waals surface area contributed by atoms with Gasteiger partial charge in [-0.3, -0.25) is 19.7 Å². The Bertz CT molecular complexity index is 1130. The van der Waals surface area contributed by atoms with Gasteiger partial charge in [0.1, 0.15) is 4.88 Å². The molecular formula is C19H17N5O3S2. The molecule has 1 aliphatic heterocycles. The van der Waals surface area contributed by atoms with Crippen molar-refractivity contribution in [3.63, 3.8) is 0 Å². The Morgan fingerprint density at radius 3 is 2.76 bits per heavy atom. The van der Waals surface area contributed by atoms with Crippen molar-refractivity contribution in [2.75, 3.05) is 16.0 Å². The molecule has 0 aliphatic carbocycles. The quantitative estimate of drug-likeness (QED) is 0.588. The van der Waals surface area contributed by atoms with Gasteiger partial charge in [-0.1, -0.05) is 17.4 Å². The molecule has 0 saturated heterocycles. The summed E-state index contributed by atoms with van der Waals surface area (Å²) in [6.07, 6.45) is 1.17. The molecule has 1 aliphatic rings. The van der Waals surface area contributed by atoms with Crippen LogP contribution in [0.2, 0.25) is 0 Å². The van der Waals surface area contributed by atoms with Gasteiger partial charge in [-0.25, -0.2) is 9.97 Å². The molecule has 29 heavy (non-hydrogen) atoms. The number of aromatic nitrogens is 2. The first kappa shape index (κ1) is 19.2. The number of fused-ring (bicyclic) bond motifs is 1. The highest BCUT2D eigenvalue weighted by Crippen LogP contribution is 2.31. The number of thiazole rings is 2. The minimum atomic E-state index is -0.314. The van der Waals surface area contributed by atoms with Crippen LogP contribution in [-0.2, 0) is 16.0 Å². The van der Waals surface area contributed by atoms with Crippen molar-refractivity contribution in [3.8, 4) is 11.3 Å². The van der Waals surface area contributed by atoms with Crippen LogP contribution in [0.15, 0.2) is 23.6 Å². The number of hydrogen-bond donors (Lipinski definition) is 3. The summed E-state index contributed by atoms with van der Waals surface area (Å²) in [6, 6.07) is 5.80. The number of nitrogens with zero attached hydrogens (tertiary/aromatic N) is 2. The van der Waals surface area contributed by atoms with Gasteiger partial charge in [0.2, 0.25) is 11.8 Å². The fourth-order valence-electron chi connectivity index (χ4n) is 2.97. The molecule has 3 N–H and O–H groups in total. The topological polar surface area (TPSA) is 113 Å². The molecular weight excluding hydrogens is 410 g/mol. The lowest BCUT2D eigenvalue weighted by Crippen LogP contribution is -2.18. The van der Waals surface area contributed by atoms with Gasteiger partial charge in [0, 0.05) is 30.0 Å². The molecule has 1 aromatic carbocycles. The average molecular weight is 428 g/mol. The zero-order chi connectivity index (χ0) is 20.5. The van der Waals surface area contributed by atoms with Crippen molar-refractivity contribution in [1.82, 2.24) is 9.97 Å². The highest BCUT2D eigenvalue weighted by atomic mass is 32.1. The van der Waals surface area contributed by atoms with Gasteiger partial charge < -0.3 is 10.6 Å². The van der Waals surface area contributed by atoms with Gasteiger partial charge >= 0.3 is 0 Å². The van der Waals surface area contributed by atoms with Crippen molar-refractivity contribution >= 4 is 56.3 Å². The first-order valence-corrected chi connectivity index (χ1v) is 10.5. The number of carbonyl (C=O) groups is 3. The lowest BCUT2D eigenvalue weighted by Gasteiger charge is -2.17. The zero-order valence-corrected chi connectivity index (χ0v) is 17.3. The Kier molecular flexibility index (Phi) is 5.12. The van der Waals surface area contributed by atoms with Crippen LogP contribution in [0.1, 0.15) is 34.3 Å². The van der Waals surface area contributed by atoms with Gasteiger partial charge in [0.05, 0.1) is 11.4 Å². The van der Waals surface area contributed by atoms with Crippen LogP contribution in [0.5, 0.6) is 0 Å². The smallest absolute Gasteiger partial charge is 0.269 e. The first-order chi connectivity index (χ1) is 13.9. The van der Waals surface area contributed by atoms with Crippen molar-refractivity contribution in [1.29, 1.82) is 0 Å². The summed E-state index contributed by atoms with van der Waals surface area (Å²) in [6.45, 7) is 3.11. The maximum atomic E-state index is 12.6. The van der Waals surface area contributed by atoms with Crippen LogP contribution >= 0.6 is 22.7 Å². The maximum absolute atomic E-state index is 12.6. The van der Waals surface area contributed by atoms with E-state index in [-0.39, 0.29) is 17.7 Å². The summed E-state index contributed by atoms with van der Waals surface area (Å²) in [5.74, 6) is -0.519. The summed E-state index contributed by atoms with van der Waals surface area (Å²) in [4.78, 5) is 44.4. The van der Waals surface area contributed by atoms with E-state index in [2.05, 4.69) is 25.9 Å². The predicted molar refractivity (Wildman–Crippen MR) is 114 cm³/mol. The van der Waals surface area contributed by atoms with Crippen LogP contribution < -0.4 is 16.0 Å². The number of hydrogen-bond acceptors (Lipinski definition) is 7. The highest BCUT2D eigenvalue weighted by Gasteiger charge is 2.19. The Balaban J connectivity index is 1.50. The van der Waals surface area contributed by atoms with E-state index in [0.29, 0.717) is 33.7 Å². The molecule has 0 bridgehead atoms. The standard InChI is InChI=1S/C19H17N5O3S2/c1-9-16(29-19(20-9)21-10(2)25)17(27)24-18-23-14(8-28-18)12-3-5-13-11(7-12)4-6-15(26)22-13/h3,5,7-8H,4,6H2,1-2H3,(H,22,26)(H,20,21,25)(H,23,24,27). The number of rotatable bonds is 4. The molecule has 0 saturated carbocycles. The number of anilines is 3. The average Bonchev–Trinajstić information content (AvgIpc) is 3.27. The third-order valence-electron chi connectivity index (χ3n) is 4.31. The molecule has 10 heteroatoms. The van der Waals surface area contributed by atoms with E-state index in [1.54, 1.807) is 6.92 Å². The summed E-state index contributed by atoms with van der Waals surface area (Å²) >= 11 is 2.45. The van der Waals surface area contributed by atoms with Gasteiger partial charge in [-0.2, -0.15) is 0 Å². The highest BCUT2D eigenvalue weighted by molar-refractivity contribution is 7.18.